The predicted octanol–water partition coefficient (Wildman–Crippen LogP) is 4.03. The van der Waals surface area contributed by atoms with Gasteiger partial charge in [0.15, 0.2) is 0 Å². The van der Waals surface area contributed by atoms with Crippen LogP contribution in [0.4, 0.5) is 5.69 Å². The lowest BCUT2D eigenvalue weighted by molar-refractivity contribution is -0.117. The summed E-state index contributed by atoms with van der Waals surface area (Å²) in [6.07, 6.45) is -0.0353. The quantitative estimate of drug-likeness (QED) is 0.741. The first kappa shape index (κ1) is 17.0. The van der Waals surface area contributed by atoms with E-state index in [4.69, 9.17) is 11.6 Å². The summed E-state index contributed by atoms with van der Waals surface area (Å²) in [5, 5.41) is 10.6. The average Bonchev–Trinajstić information content (AvgIpc) is 2.92. The molecule has 0 unspecified atom stereocenters. The Morgan fingerprint density at radius 3 is 2.64 bits per heavy atom. The van der Waals surface area contributed by atoms with E-state index < -0.39 is 5.97 Å². The summed E-state index contributed by atoms with van der Waals surface area (Å²) in [4.78, 5) is 28.6. The minimum Gasteiger partial charge on any atom is -0.477 e. The molecule has 3 rings (SSSR count). The molecule has 3 aromatic rings. The maximum atomic E-state index is 12.7. The van der Waals surface area contributed by atoms with Crippen molar-refractivity contribution in [1.29, 1.82) is 0 Å². The molecular formula is C19H17ClN2O3. The van der Waals surface area contributed by atoms with Crippen LogP contribution in [0.5, 0.6) is 0 Å². The second-order valence-electron chi connectivity index (χ2n) is 5.94. The number of aromatic nitrogens is 1. The number of nitrogens with zero attached hydrogens (tertiary/aromatic N) is 1. The highest BCUT2D eigenvalue weighted by molar-refractivity contribution is 6.31. The fourth-order valence-corrected chi connectivity index (χ4v) is 3.01. The summed E-state index contributed by atoms with van der Waals surface area (Å²) >= 11 is 6.04. The summed E-state index contributed by atoms with van der Waals surface area (Å²) in [6, 6.07) is 12.6. The third-order valence-corrected chi connectivity index (χ3v) is 4.41. The summed E-state index contributed by atoms with van der Waals surface area (Å²) in [5.74, 6) is -1.30. The Hall–Kier alpha value is -2.79. The Morgan fingerprint density at radius 1 is 1.20 bits per heavy atom. The van der Waals surface area contributed by atoms with E-state index in [1.54, 1.807) is 25.2 Å². The number of halogens is 1. The second-order valence-corrected chi connectivity index (χ2v) is 6.38. The number of hydrogen-bond acceptors (Lipinski definition) is 2. The number of benzene rings is 2. The predicted molar refractivity (Wildman–Crippen MR) is 98.6 cm³/mol. The molecule has 0 aliphatic carbocycles. The van der Waals surface area contributed by atoms with E-state index in [1.165, 1.54) is 4.90 Å². The maximum Gasteiger partial charge on any atom is 0.352 e. The van der Waals surface area contributed by atoms with E-state index in [0.29, 0.717) is 21.5 Å². The number of carbonyl (C=O) groups is 2. The minimum absolute atomic E-state index is 0.0169. The molecule has 0 spiro atoms. The first-order chi connectivity index (χ1) is 11.9. The molecule has 0 aliphatic rings. The van der Waals surface area contributed by atoms with Crippen LogP contribution in [0, 0.1) is 6.92 Å². The lowest BCUT2D eigenvalue weighted by atomic mass is 10.1. The third-order valence-electron chi connectivity index (χ3n) is 4.17. The average molecular weight is 357 g/mol. The number of amides is 1. The van der Waals surface area contributed by atoms with E-state index in [1.807, 2.05) is 31.2 Å². The van der Waals surface area contributed by atoms with Gasteiger partial charge in [-0.15, -0.1) is 0 Å². The van der Waals surface area contributed by atoms with Crippen LogP contribution in [0.15, 0.2) is 42.5 Å². The van der Waals surface area contributed by atoms with Gasteiger partial charge in [-0.1, -0.05) is 23.7 Å². The SMILES string of the molecule is Cc1cccc(N(C)C(=O)Cc2c(C(=O)O)[nH]c3ccc(Cl)cc23)c1. The Labute approximate surface area is 149 Å². The number of carbonyl (C=O) groups excluding carboxylic acids is 1. The van der Waals surface area contributed by atoms with Crippen LogP contribution in [-0.4, -0.2) is 29.0 Å². The summed E-state index contributed by atoms with van der Waals surface area (Å²) in [5.41, 5.74) is 2.91. The van der Waals surface area contributed by atoms with E-state index in [-0.39, 0.29) is 18.0 Å². The van der Waals surface area contributed by atoms with Crippen molar-refractivity contribution in [3.05, 3.63) is 64.3 Å². The van der Waals surface area contributed by atoms with Crippen molar-refractivity contribution in [3.8, 4) is 0 Å². The molecule has 0 atom stereocenters. The summed E-state index contributed by atoms with van der Waals surface area (Å²) in [6.45, 7) is 1.95. The third kappa shape index (κ3) is 3.37. The Bertz CT molecular complexity index is 978. The highest BCUT2D eigenvalue weighted by atomic mass is 35.5. The summed E-state index contributed by atoms with van der Waals surface area (Å²) in [7, 11) is 1.68. The van der Waals surface area contributed by atoms with E-state index in [0.717, 1.165) is 11.3 Å². The molecule has 5 nitrogen and oxygen atoms in total. The fraction of sp³-hybridized carbons (Fsp3) is 0.158. The molecule has 0 radical (unpaired) electrons. The van der Waals surface area contributed by atoms with Gasteiger partial charge in [0, 0.05) is 34.2 Å². The molecule has 1 heterocycles. The molecule has 0 aliphatic heterocycles. The minimum atomic E-state index is -1.10. The molecule has 2 aromatic carbocycles. The summed E-state index contributed by atoms with van der Waals surface area (Å²) < 4.78 is 0. The molecule has 0 saturated heterocycles. The number of anilines is 1. The molecule has 25 heavy (non-hydrogen) atoms. The van der Waals surface area contributed by atoms with Crippen molar-refractivity contribution in [1.82, 2.24) is 4.98 Å². The van der Waals surface area contributed by atoms with E-state index >= 15 is 0 Å². The van der Waals surface area contributed by atoms with Crippen LogP contribution in [0.2, 0.25) is 5.02 Å². The Balaban J connectivity index is 1.99. The fourth-order valence-electron chi connectivity index (χ4n) is 2.84. The van der Waals surface area contributed by atoms with Crippen molar-refractivity contribution in [2.45, 2.75) is 13.3 Å². The molecule has 2 N–H and O–H groups in total. The number of aromatic carboxylic acids is 1. The zero-order valence-corrected chi connectivity index (χ0v) is 14.6. The normalized spacial score (nSPS) is 10.8. The maximum absolute atomic E-state index is 12.7. The number of hydrogen-bond donors (Lipinski definition) is 2. The first-order valence-electron chi connectivity index (χ1n) is 7.73. The van der Waals surface area contributed by atoms with Crippen molar-refractivity contribution >= 4 is 40.1 Å². The molecule has 0 saturated carbocycles. The molecule has 6 heteroatoms. The van der Waals surface area contributed by atoms with Crippen LogP contribution in [0.3, 0.4) is 0 Å². The van der Waals surface area contributed by atoms with Gasteiger partial charge in [-0.05, 0) is 42.8 Å². The number of nitrogens with one attached hydrogen (secondary N) is 1. The van der Waals surface area contributed by atoms with Crippen LogP contribution in [-0.2, 0) is 11.2 Å². The Kier molecular flexibility index (Phi) is 4.51. The van der Waals surface area contributed by atoms with Gasteiger partial charge in [-0.2, -0.15) is 0 Å². The topological polar surface area (TPSA) is 73.4 Å². The Morgan fingerprint density at radius 2 is 1.96 bits per heavy atom. The highest BCUT2D eigenvalue weighted by Crippen LogP contribution is 2.27. The number of carboxylic acid groups (broad SMARTS) is 1. The van der Waals surface area contributed by atoms with Crippen LogP contribution in [0.1, 0.15) is 21.6 Å². The lowest BCUT2D eigenvalue weighted by Gasteiger charge is -2.18. The van der Waals surface area contributed by atoms with Gasteiger partial charge in [0.2, 0.25) is 5.91 Å². The number of rotatable bonds is 4. The molecule has 0 bridgehead atoms. The molecule has 0 fully saturated rings. The van der Waals surface area contributed by atoms with Gasteiger partial charge < -0.3 is 15.0 Å². The number of fused-ring (bicyclic) bond motifs is 1. The molecule has 1 aromatic heterocycles. The zero-order chi connectivity index (χ0) is 18.1. The van der Waals surface area contributed by atoms with Gasteiger partial charge in [-0.3, -0.25) is 4.79 Å². The number of H-pyrrole nitrogens is 1. The largest absolute Gasteiger partial charge is 0.477 e. The lowest BCUT2D eigenvalue weighted by Crippen LogP contribution is -2.28. The number of aromatic amines is 1. The van der Waals surface area contributed by atoms with Gasteiger partial charge in [0.1, 0.15) is 5.69 Å². The number of carboxylic acids is 1. The van der Waals surface area contributed by atoms with Crippen LogP contribution >= 0.6 is 11.6 Å². The zero-order valence-electron chi connectivity index (χ0n) is 13.8. The van der Waals surface area contributed by atoms with Gasteiger partial charge >= 0.3 is 5.97 Å². The second kappa shape index (κ2) is 6.61. The smallest absolute Gasteiger partial charge is 0.352 e. The van der Waals surface area contributed by atoms with Crippen molar-refractivity contribution in [2.24, 2.45) is 0 Å². The van der Waals surface area contributed by atoms with Gasteiger partial charge in [0.05, 0.1) is 6.42 Å². The van der Waals surface area contributed by atoms with Crippen LogP contribution < -0.4 is 4.90 Å². The van der Waals surface area contributed by atoms with Crippen molar-refractivity contribution in [3.63, 3.8) is 0 Å². The highest BCUT2D eigenvalue weighted by Gasteiger charge is 2.21. The molecule has 1 amide bonds. The van der Waals surface area contributed by atoms with Crippen molar-refractivity contribution < 1.29 is 14.7 Å². The monoisotopic (exact) mass is 356 g/mol. The number of likely N-dealkylation sites (N-methyl/N-ethyl adjacent to an activating group) is 1. The molecular weight excluding hydrogens is 340 g/mol. The number of aryl methyl sites for hydroxylation is 1. The van der Waals surface area contributed by atoms with Gasteiger partial charge in [0.25, 0.3) is 0 Å². The van der Waals surface area contributed by atoms with Gasteiger partial charge in [-0.25, -0.2) is 4.79 Å². The first-order valence-corrected chi connectivity index (χ1v) is 8.11. The van der Waals surface area contributed by atoms with E-state index in [9.17, 15) is 14.7 Å². The van der Waals surface area contributed by atoms with Crippen molar-refractivity contribution in [2.75, 3.05) is 11.9 Å². The standard InChI is InChI=1S/C19H17ClN2O3/c1-11-4-3-5-13(8-11)22(2)17(23)10-15-14-9-12(20)6-7-16(14)21-18(15)19(24)25/h3-9,21H,10H2,1-2H3,(H,24,25). The molecule has 128 valence electrons. The van der Waals surface area contributed by atoms with E-state index in [2.05, 4.69) is 4.98 Å². The van der Waals surface area contributed by atoms with Crippen LogP contribution in [0.25, 0.3) is 10.9 Å².